The van der Waals surface area contributed by atoms with Crippen LogP contribution in [-0.4, -0.2) is 10.9 Å². The molecule has 0 bridgehead atoms. The van der Waals surface area contributed by atoms with E-state index in [1.807, 2.05) is 25.1 Å². The van der Waals surface area contributed by atoms with Crippen LogP contribution in [0.25, 0.3) is 6.08 Å². The van der Waals surface area contributed by atoms with Crippen LogP contribution >= 0.6 is 15.9 Å². The minimum absolute atomic E-state index is 0.235. The largest absolute Gasteiger partial charge is 0.399 e. The summed E-state index contributed by atoms with van der Waals surface area (Å²) < 4.78 is 0.908. The van der Waals surface area contributed by atoms with Crippen molar-refractivity contribution >= 4 is 39.4 Å². The van der Waals surface area contributed by atoms with Crippen molar-refractivity contribution < 1.29 is 4.79 Å². The number of rotatable bonds is 3. The van der Waals surface area contributed by atoms with Gasteiger partial charge in [0.25, 0.3) is 0 Å². The second kappa shape index (κ2) is 6.34. The Kier molecular flexibility index (Phi) is 4.53. The Hall–Kier alpha value is -2.14. The quantitative estimate of drug-likeness (QED) is 0.669. The molecular weight excluding hydrogens is 318 g/mol. The maximum Gasteiger partial charge on any atom is 0.249 e. The number of carbonyl (C=O) groups excluding carboxylic acids is 1. The summed E-state index contributed by atoms with van der Waals surface area (Å²) in [5.74, 6) is 0.287. The van der Waals surface area contributed by atoms with E-state index in [2.05, 4.69) is 26.2 Å². The fraction of sp³-hybridized carbons (Fsp3) is 0.0667. The van der Waals surface area contributed by atoms with Crippen molar-refractivity contribution in [1.29, 1.82) is 0 Å². The molecule has 0 saturated heterocycles. The van der Waals surface area contributed by atoms with Gasteiger partial charge in [0.1, 0.15) is 5.82 Å². The van der Waals surface area contributed by atoms with Crippen molar-refractivity contribution in [2.45, 2.75) is 6.92 Å². The maximum absolute atomic E-state index is 11.8. The van der Waals surface area contributed by atoms with E-state index >= 15 is 0 Å². The number of aryl methyl sites for hydroxylation is 1. The number of hydrogen-bond donors (Lipinski definition) is 2. The second-order valence-corrected chi connectivity index (χ2v) is 5.11. The molecule has 102 valence electrons. The Morgan fingerprint density at radius 3 is 2.85 bits per heavy atom. The Morgan fingerprint density at radius 1 is 1.35 bits per heavy atom. The van der Waals surface area contributed by atoms with Gasteiger partial charge in [0.2, 0.25) is 5.91 Å². The van der Waals surface area contributed by atoms with Crippen LogP contribution in [-0.2, 0) is 4.79 Å². The van der Waals surface area contributed by atoms with E-state index < -0.39 is 0 Å². The minimum atomic E-state index is -0.235. The third-order valence-electron chi connectivity index (χ3n) is 2.61. The number of halogens is 1. The molecule has 2 rings (SSSR count). The highest BCUT2D eigenvalue weighted by Gasteiger charge is 2.01. The first kappa shape index (κ1) is 14.3. The van der Waals surface area contributed by atoms with Crippen LogP contribution in [0.3, 0.4) is 0 Å². The van der Waals surface area contributed by atoms with Crippen LogP contribution in [0.4, 0.5) is 11.5 Å². The zero-order valence-corrected chi connectivity index (χ0v) is 12.5. The van der Waals surface area contributed by atoms with Gasteiger partial charge in [-0.05, 0) is 58.8 Å². The van der Waals surface area contributed by atoms with Crippen molar-refractivity contribution in [2.24, 2.45) is 0 Å². The lowest BCUT2D eigenvalue weighted by atomic mass is 10.2. The highest BCUT2D eigenvalue weighted by Crippen LogP contribution is 2.16. The number of nitrogens with one attached hydrogen (secondary N) is 1. The third-order valence-corrected chi connectivity index (χ3v) is 3.45. The van der Waals surface area contributed by atoms with Crippen molar-refractivity contribution in [3.63, 3.8) is 0 Å². The molecule has 0 saturated carbocycles. The zero-order chi connectivity index (χ0) is 14.5. The molecule has 1 aromatic heterocycles. The number of pyridine rings is 1. The molecule has 1 heterocycles. The van der Waals surface area contributed by atoms with Crippen LogP contribution in [0.5, 0.6) is 0 Å². The van der Waals surface area contributed by atoms with Gasteiger partial charge >= 0.3 is 0 Å². The minimum Gasteiger partial charge on any atom is -0.399 e. The van der Waals surface area contributed by atoms with Gasteiger partial charge in [-0.2, -0.15) is 0 Å². The molecule has 20 heavy (non-hydrogen) atoms. The first-order chi connectivity index (χ1) is 9.54. The lowest BCUT2D eigenvalue weighted by Crippen LogP contribution is -2.09. The molecule has 0 spiro atoms. The number of benzene rings is 1. The number of carbonyl (C=O) groups is 1. The van der Waals surface area contributed by atoms with E-state index in [1.54, 1.807) is 24.3 Å². The summed E-state index contributed by atoms with van der Waals surface area (Å²) in [5, 5.41) is 2.71. The molecule has 0 radical (unpaired) electrons. The van der Waals surface area contributed by atoms with Gasteiger partial charge in [0, 0.05) is 16.2 Å². The second-order valence-electron chi connectivity index (χ2n) is 4.26. The average Bonchev–Trinajstić information content (AvgIpc) is 2.41. The summed E-state index contributed by atoms with van der Waals surface area (Å²) in [6, 6.07) is 10.9. The number of nitrogens with zero attached hydrogens (tertiary/aromatic N) is 1. The molecule has 2 aromatic rings. The van der Waals surface area contributed by atoms with Crippen LogP contribution < -0.4 is 11.1 Å². The van der Waals surface area contributed by atoms with E-state index in [9.17, 15) is 4.79 Å². The van der Waals surface area contributed by atoms with Crippen molar-refractivity contribution in [1.82, 2.24) is 4.98 Å². The highest BCUT2D eigenvalue weighted by molar-refractivity contribution is 9.10. The van der Waals surface area contributed by atoms with Gasteiger partial charge in [-0.1, -0.05) is 12.1 Å². The number of anilines is 2. The molecule has 0 fully saturated rings. The summed E-state index contributed by atoms with van der Waals surface area (Å²) >= 11 is 3.36. The molecule has 1 amide bonds. The summed E-state index contributed by atoms with van der Waals surface area (Å²) in [6.45, 7) is 1.86. The highest BCUT2D eigenvalue weighted by atomic mass is 79.9. The molecule has 1 aromatic carbocycles. The van der Waals surface area contributed by atoms with Crippen molar-refractivity contribution in [3.05, 3.63) is 58.2 Å². The average molecular weight is 332 g/mol. The fourth-order valence-electron chi connectivity index (χ4n) is 1.62. The predicted octanol–water partition coefficient (Wildman–Crippen LogP) is 3.39. The molecule has 4 nitrogen and oxygen atoms in total. The van der Waals surface area contributed by atoms with Gasteiger partial charge in [-0.15, -0.1) is 0 Å². The summed E-state index contributed by atoms with van der Waals surface area (Å²) in [4.78, 5) is 16.0. The number of nitrogens with two attached hydrogens (primary N) is 1. The van der Waals surface area contributed by atoms with Crippen LogP contribution in [0.15, 0.2) is 46.9 Å². The van der Waals surface area contributed by atoms with Crippen molar-refractivity contribution in [2.75, 3.05) is 11.1 Å². The first-order valence-electron chi connectivity index (χ1n) is 6.02. The van der Waals surface area contributed by atoms with E-state index in [-0.39, 0.29) is 5.91 Å². The lowest BCUT2D eigenvalue weighted by molar-refractivity contribution is -0.111. The van der Waals surface area contributed by atoms with Gasteiger partial charge in [0.05, 0.1) is 5.69 Å². The monoisotopic (exact) mass is 331 g/mol. The van der Waals surface area contributed by atoms with E-state index in [0.717, 1.165) is 15.7 Å². The standard InChI is InChI=1S/C15H14BrN3O/c1-10-13(16)6-7-14(18-10)19-15(20)8-5-11-3-2-4-12(17)9-11/h2-9H,17H2,1H3,(H,18,19,20)/b8-5+. The maximum atomic E-state index is 11.8. The molecule has 0 aliphatic heterocycles. The zero-order valence-electron chi connectivity index (χ0n) is 10.9. The molecule has 5 heteroatoms. The number of nitrogen functional groups attached to an aromatic ring is 1. The van der Waals surface area contributed by atoms with E-state index in [1.165, 1.54) is 6.08 Å². The predicted molar refractivity (Wildman–Crippen MR) is 85.2 cm³/mol. The molecule has 0 unspecified atom stereocenters. The molecular formula is C15H14BrN3O. The fourth-order valence-corrected chi connectivity index (χ4v) is 1.84. The van der Waals surface area contributed by atoms with Gasteiger partial charge in [-0.25, -0.2) is 4.98 Å². The Morgan fingerprint density at radius 2 is 2.15 bits per heavy atom. The smallest absolute Gasteiger partial charge is 0.249 e. The van der Waals surface area contributed by atoms with Crippen LogP contribution in [0, 0.1) is 6.92 Å². The van der Waals surface area contributed by atoms with Gasteiger partial charge in [0.15, 0.2) is 0 Å². The van der Waals surface area contributed by atoms with Gasteiger partial charge < -0.3 is 11.1 Å². The number of amides is 1. The third kappa shape index (κ3) is 3.93. The topological polar surface area (TPSA) is 68.0 Å². The van der Waals surface area contributed by atoms with Gasteiger partial charge in [-0.3, -0.25) is 4.79 Å². The lowest BCUT2D eigenvalue weighted by Gasteiger charge is -2.03. The summed E-state index contributed by atoms with van der Waals surface area (Å²) in [5.41, 5.74) is 8.03. The molecule has 0 atom stereocenters. The SMILES string of the molecule is Cc1nc(NC(=O)/C=C/c2cccc(N)c2)ccc1Br. The van der Waals surface area contributed by atoms with Crippen LogP contribution in [0.1, 0.15) is 11.3 Å². The Labute approximate surface area is 125 Å². The van der Waals surface area contributed by atoms with Crippen LogP contribution in [0.2, 0.25) is 0 Å². The molecule has 3 N–H and O–H groups in total. The summed E-state index contributed by atoms with van der Waals surface area (Å²) in [7, 11) is 0. The Balaban J connectivity index is 2.03. The van der Waals surface area contributed by atoms with Crippen molar-refractivity contribution in [3.8, 4) is 0 Å². The molecule has 0 aliphatic rings. The first-order valence-corrected chi connectivity index (χ1v) is 6.81. The summed E-state index contributed by atoms with van der Waals surface area (Å²) in [6.07, 6.45) is 3.16. The Bertz CT molecular complexity index is 668. The van der Waals surface area contributed by atoms with E-state index in [4.69, 9.17) is 5.73 Å². The number of hydrogen-bond acceptors (Lipinski definition) is 3. The molecule has 0 aliphatic carbocycles. The van der Waals surface area contributed by atoms with E-state index in [0.29, 0.717) is 11.5 Å². The number of aromatic nitrogens is 1. The normalized spacial score (nSPS) is 10.7.